The molecule has 0 heterocycles. The van der Waals surface area contributed by atoms with E-state index in [2.05, 4.69) is 10.6 Å². The Morgan fingerprint density at radius 3 is 2.20 bits per heavy atom. The highest BCUT2D eigenvalue weighted by atomic mass is 16.4. The number of hydrogen-bond acceptors (Lipinski definition) is 2. The van der Waals surface area contributed by atoms with Gasteiger partial charge in [-0.15, -0.1) is 0 Å². The van der Waals surface area contributed by atoms with Gasteiger partial charge < -0.3 is 15.7 Å². The highest BCUT2D eigenvalue weighted by Gasteiger charge is 2.32. The van der Waals surface area contributed by atoms with Gasteiger partial charge >= 0.3 is 12.0 Å². The van der Waals surface area contributed by atoms with Crippen LogP contribution in [-0.2, 0) is 11.3 Å². The zero-order chi connectivity index (χ0) is 15.3. The first-order valence-electron chi connectivity index (χ1n) is 6.53. The van der Waals surface area contributed by atoms with E-state index in [0.717, 1.165) is 11.1 Å². The van der Waals surface area contributed by atoms with Crippen LogP contribution in [0.15, 0.2) is 24.3 Å². The number of carboxylic acid groups (broad SMARTS) is 1. The number of rotatable bonds is 4. The fourth-order valence-electron chi connectivity index (χ4n) is 1.72. The molecule has 0 radical (unpaired) electrons. The molecule has 0 aliphatic carbocycles. The Kier molecular flexibility index (Phi) is 5.13. The minimum atomic E-state index is -1.04. The summed E-state index contributed by atoms with van der Waals surface area (Å²) in [6.07, 6.45) is 0. The van der Waals surface area contributed by atoms with Crippen molar-refractivity contribution in [2.24, 2.45) is 5.41 Å². The van der Waals surface area contributed by atoms with E-state index >= 15 is 0 Å². The number of hydrogen-bond donors (Lipinski definition) is 3. The minimum absolute atomic E-state index is 0.364. The standard InChI is InChI=1S/C15H22N2O3/c1-10-5-7-11(8-6-10)9-16-14(20)17-12(13(18)19)15(2,3)4/h5-8,12H,9H2,1-4H3,(H,18,19)(H2,16,17,20). The van der Waals surface area contributed by atoms with Gasteiger partial charge in [0.25, 0.3) is 0 Å². The first-order valence-corrected chi connectivity index (χ1v) is 6.53. The summed E-state index contributed by atoms with van der Waals surface area (Å²) in [5.41, 5.74) is 1.57. The Morgan fingerprint density at radius 1 is 1.20 bits per heavy atom. The predicted molar refractivity (Wildman–Crippen MR) is 77.4 cm³/mol. The lowest BCUT2D eigenvalue weighted by Crippen LogP contribution is -2.52. The smallest absolute Gasteiger partial charge is 0.326 e. The van der Waals surface area contributed by atoms with Gasteiger partial charge in [-0.25, -0.2) is 9.59 Å². The first-order chi connectivity index (χ1) is 9.20. The van der Waals surface area contributed by atoms with Gasteiger partial charge in [-0.2, -0.15) is 0 Å². The van der Waals surface area contributed by atoms with Crippen LogP contribution in [0.3, 0.4) is 0 Å². The molecule has 0 spiro atoms. The zero-order valence-corrected chi connectivity index (χ0v) is 12.4. The number of benzene rings is 1. The van der Waals surface area contributed by atoms with E-state index in [0.29, 0.717) is 6.54 Å². The number of aryl methyl sites for hydroxylation is 1. The summed E-state index contributed by atoms with van der Waals surface area (Å²) in [6.45, 7) is 7.66. The molecule has 0 saturated carbocycles. The van der Waals surface area contributed by atoms with Gasteiger partial charge in [-0.3, -0.25) is 0 Å². The molecule has 0 aromatic heterocycles. The third-order valence-electron chi connectivity index (χ3n) is 2.96. The molecule has 1 aromatic rings. The number of carbonyl (C=O) groups is 2. The zero-order valence-electron chi connectivity index (χ0n) is 12.4. The molecule has 0 saturated heterocycles. The number of carboxylic acids is 1. The summed E-state index contributed by atoms with van der Waals surface area (Å²) in [6, 6.07) is 6.37. The topological polar surface area (TPSA) is 78.4 Å². The van der Waals surface area contributed by atoms with E-state index in [-0.39, 0.29) is 0 Å². The fraction of sp³-hybridized carbons (Fsp3) is 0.467. The summed E-state index contributed by atoms with van der Waals surface area (Å²) in [4.78, 5) is 22.9. The molecule has 0 bridgehead atoms. The molecule has 0 aliphatic rings. The van der Waals surface area contributed by atoms with Gasteiger partial charge in [0, 0.05) is 6.54 Å². The van der Waals surface area contributed by atoms with Crippen LogP contribution >= 0.6 is 0 Å². The van der Waals surface area contributed by atoms with E-state index in [9.17, 15) is 9.59 Å². The van der Waals surface area contributed by atoms with E-state index in [1.165, 1.54) is 0 Å². The van der Waals surface area contributed by atoms with Crippen molar-refractivity contribution < 1.29 is 14.7 Å². The minimum Gasteiger partial charge on any atom is -0.480 e. The third-order valence-corrected chi connectivity index (χ3v) is 2.96. The Balaban J connectivity index is 2.54. The molecule has 5 nitrogen and oxygen atoms in total. The Morgan fingerprint density at radius 2 is 1.75 bits per heavy atom. The summed E-state index contributed by atoms with van der Waals surface area (Å²) in [7, 11) is 0. The molecule has 1 unspecified atom stereocenters. The van der Waals surface area contributed by atoms with E-state index in [1.54, 1.807) is 20.8 Å². The molecule has 1 aromatic carbocycles. The normalized spacial score (nSPS) is 12.6. The number of nitrogens with one attached hydrogen (secondary N) is 2. The van der Waals surface area contributed by atoms with Gasteiger partial charge in [0.1, 0.15) is 6.04 Å². The van der Waals surface area contributed by atoms with Gasteiger partial charge in [0.05, 0.1) is 0 Å². The largest absolute Gasteiger partial charge is 0.480 e. The Bertz CT molecular complexity index is 475. The number of amides is 2. The van der Waals surface area contributed by atoms with E-state index < -0.39 is 23.5 Å². The average Bonchev–Trinajstić information content (AvgIpc) is 2.33. The lowest BCUT2D eigenvalue weighted by Gasteiger charge is -2.27. The second-order valence-electron chi connectivity index (χ2n) is 5.95. The monoisotopic (exact) mass is 278 g/mol. The molecule has 2 amide bonds. The van der Waals surface area contributed by atoms with Crippen LogP contribution in [0.5, 0.6) is 0 Å². The highest BCUT2D eigenvalue weighted by molar-refractivity contribution is 5.83. The highest BCUT2D eigenvalue weighted by Crippen LogP contribution is 2.19. The number of aliphatic carboxylic acids is 1. The quantitative estimate of drug-likeness (QED) is 0.790. The lowest BCUT2D eigenvalue weighted by molar-refractivity contribution is -0.141. The molecule has 1 rings (SSSR count). The van der Waals surface area contributed by atoms with Crippen molar-refractivity contribution in [1.29, 1.82) is 0 Å². The molecule has 0 aliphatic heterocycles. The van der Waals surface area contributed by atoms with Crippen LogP contribution in [0.2, 0.25) is 0 Å². The molecule has 1 atom stereocenters. The molecule has 0 fully saturated rings. The lowest BCUT2D eigenvalue weighted by atomic mass is 9.87. The van der Waals surface area contributed by atoms with Crippen molar-refractivity contribution in [2.45, 2.75) is 40.3 Å². The van der Waals surface area contributed by atoms with Crippen LogP contribution in [0.25, 0.3) is 0 Å². The first kappa shape index (κ1) is 16.0. The maximum absolute atomic E-state index is 11.8. The summed E-state index contributed by atoms with van der Waals surface area (Å²) < 4.78 is 0. The van der Waals surface area contributed by atoms with Gasteiger partial charge in [-0.05, 0) is 17.9 Å². The van der Waals surface area contributed by atoms with Crippen LogP contribution in [0, 0.1) is 12.3 Å². The van der Waals surface area contributed by atoms with Crippen molar-refractivity contribution in [3.8, 4) is 0 Å². The Hall–Kier alpha value is -2.04. The second kappa shape index (κ2) is 6.41. The van der Waals surface area contributed by atoms with Crippen molar-refractivity contribution in [1.82, 2.24) is 10.6 Å². The summed E-state index contributed by atoms with van der Waals surface area (Å²) in [5, 5.41) is 14.3. The summed E-state index contributed by atoms with van der Waals surface area (Å²) >= 11 is 0. The maximum atomic E-state index is 11.8. The molecule has 110 valence electrons. The molecular formula is C15H22N2O3. The van der Waals surface area contributed by atoms with Gasteiger partial charge in [0.2, 0.25) is 0 Å². The number of urea groups is 1. The van der Waals surface area contributed by atoms with Crippen LogP contribution in [-0.4, -0.2) is 23.1 Å². The second-order valence-corrected chi connectivity index (χ2v) is 5.95. The van der Waals surface area contributed by atoms with Gasteiger partial charge in [-0.1, -0.05) is 50.6 Å². The SMILES string of the molecule is Cc1ccc(CNC(=O)NC(C(=O)O)C(C)(C)C)cc1. The van der Waals surface area contributed by atoms with E-state index in [4.69, 9.17) is 5.11 Å². The maximum Gasteiger partial charge on any atom is 0.326 e. The van der Waals surface area contributed by atoms with Crippen LogP contribution in [0.4, 0.5) is 4.79 Å². The molecule has 5 heteroatoms. The summed E-state index contributed by atoms with van der Waals surface area (Å²) in [5.74, 6) is -1.04. The van der Waals surface area contributed by atoms with Crippen molar-refractivity contribution in [2.75, 3.05) is 0 Å². The van der Waals surface area contributed by atoms with Crippen molar-refractivity contribution >= 4 is 12.0 Å². The fourth-order valence-corrected chi connectivity index (χ4v) is 1.72. The van der Waals surface area contributed by atoms with Crippen molar-refractivity contribution in [3.05, 3.63) is 35.4 Å². The van der Waals surface area contributed by atoms with Crippen LogP contribution < -0.4 is 10.6 Å². The molecule has 20 heavy (non-hydrogen) atoms. The third kappa shape index (κ3) is 4.91. The average molecular weight is 278 g/mol. The number of carbonyl (C=O) groups excluding carboxylic acids is 1. The predicted octanol–water partition coefficient (Wildman–Crippen LogP) is 2.29. The van der Waals surface area contributed by atoms with Crippen molar-refractivity contribution in [3.63, 3.8) is 0 Å². The molecular weight excluding hydrogens is 256 g/mol. The van der Waals surface area contributed by atoms with E-state index in [1.807, 2.05) is 31.2 Å². The Labute approximate surface area is 119 Å². The molecule has 3 N–H and O–H groups in total. The van der Waals surface area contributed by atoms with Crippen LogP contribution in [0.1, 0.15) is 31.9 Å². The van der Waals surface area contributed by atoms with Gasteiger partial charge in [0.15, 0.2) is 0 Å².